The van der Waals surface area contributed by atoms with Crippen LogP contribution in [0.25, 0.3) is 17.0 Å². The fourth-order valence-electron chi connectivity index (χ4n) is 3.41. The number of carbonyl (C=O) groups excluding carboxylic acids is 1. The van der Waals surface area contributed by atoms with E-state index in [2.05, 4.69) is 54.2 Å². The number of aromatic nitrogens is 1. The van der Waals surface area contributed by atoms with Gasteiger partial charge >= 0.3 is 0 Å². The van der Waals surface area contributed by atoms with Gasteiger partial charge in [-0.15, -0.1) is 0 Å². The molecule has 28 heavy (non-hydrogen) atoms. The van der Waals surface area contributed by atoms with E-state index in [0.717, 1.165) is 39.9 Å². The van der Waals surface area contributed by atoms with Crippen LogP contribution in [0.1, 0.15) is 16.7 Å². The second kappa shape index (κ2) is 7.81. The van der Waals surface area contributed by atoms with Gasteiger partial charge in [0.15, 0.2) is 0 Å². The number of amides is 1. The standard InChI is InChI=1S/C22H20N2O2S2/c1-14-6-5-7-15(2)20(14)26-11-10-24-13-16(17-8-3-4-9-18(17)24)12-19-21(25)23-22(27)28-19/h3-9,12-13H,10-11H2,1-2H3,(H,23,25,27)/b19-12-. The minimum atomic E-state index is -0.134. The molecule has 0 bridgehead atoms. The van der Waals surface area contributed by atoms with Gasteiger partial charge in [-0.2, -0.15) is 0 Å². The molecule has 6 heteroatoms. The number of carbonyl (C=O) groups is 1. The summed E-state index contributed by atoms with van der Waals surface area (Å²) in [4.78, 5) is 12.6. The van der Waals surface area contributed by atoms with Crippen molar-refractivity contribution in [3.63, 3.8) is 0 Å². The Balaban J connectivity index is 1.59. The molecule has 1 fully saturated rings. The highest BCUT2D eigenvalue weighted by Gasteiger charge is 2.22. The third-order valence-electron chi connectivity index (χ3n) is 4.74. The zero-order valence-electron chi connectivity index (χ0n) is 15.7. The lowest BCUT2D eigenvalue weighted by atomic mass is 10.1. The van der Waals surface area contributed by atoms with Crippen LogP contribution < -0.4 is 10.1 Å². The van der Waals surface area contributed by atoms with E-state index < -0.39 is 0 Å². The summed E-state index contributed by atoms with van der Waals surface area (Å²) in [5.74, 6) is 0.819. The van der Waals surface area contributed by atoms with Crippen LogP contribution in [0, 0.1) is 13.8 Å². The Kier molecular flexibility index (Phi) is 5.24. The average Bonchev–Trinajstić information content (AvgIpc) is 3.17. The number of nitrogens with zero attached hydrogens (tertiary/aromatic N) is 1. The summed E-state index contributed by atoms with van der Waals surface area (Å²) in [6.45, 7) is 5.41. The lowest BCUT2D eigenvalue weighted by Crippen LogP contribution is -2.17. The van der Waals surface area contributed by atoms with Gasteiger partial charge in [-0.3, -0.25) is 4.79 Å². The summed E-state index contributed by atoms with van der Waals surface area (Å²) in [5, 5.41) is 3.77. The molecule has 4 rings (SSSR count). The van der Waals surface area contributed by atoms with Crippen molar-refractivity contribution in [2.75, 3.05) is 6.61 Å². The van der Waals surface area contributed by atoms with Crippen LogP contribution in [-0.2, 0) is 11.3 Å². The third-order valence-corrected chi connectivity index (χ3v) is 5.90. The van der Waals surface area contributed by atoms with E-state index in [1.165, 1.54) is 11.8 Å². The molecule has 1 aliphatic rings. The van der Waals surface area contributed by atoms with Gasteiger partial charge in [-0.05, 0) is 37.1 Å². The fourth-order valence-corrected chi connectivity index (χ4v) is 4.45. The topological polar surface area (TPSA) is 43.3 Å². The Morgan fingerprint density at radius 2 is 1.89 bits per heavy atom. The van der Waals surface area contributed by atoms with Crippen LogP contribution in [0.2, 0.25) is 0 Å². The van der Waals surface area contributed by atoms with Gasteiger partial charge in [0.05, 0.1) is 11.4 Å². The van der Waals surface area contributed by atoms with E-state index in [0.29, 0.717) is 15.8 Å². The minimum absolute atomic E-state index is 0.134. The molecule has 1 amide bonds. The SMILES string of the molecule is Cc1cccc(C)c1OCCn1cc(/C=C2\SC(=S)NC2=O)c2ccccc21. The first kappa shape index (κ1) is 18.8. The van der Waals surface area contributed by atoms with Crippen molar-refractivity contribution in [1.29, 1.82) is 0 Å². The Labute approximate surface area is 173 Å². The van der Waals surface area contributed by atoms with E-state index in [4.69, 9.17) is 17.0 Å². The zero-order valence-corrected chi connectivity index (χ0v) is 17.3. The molecule has 3 aromatic rings. The Morgan fingerprint density at radius 3 is 2.61 bits per heavy atom. The third kappa shape index (κ3) is 3.70. The molecule has 1 saturated heterocycles. The van der Waals surface area contributed by atoms with Crippen LogP contribution >= 0.6 is 24.0 Å². The molecule has 0 atom stereocenters. The molecular formula is C22H20N2O2S2. The fraction of sp³-hybridized carbons (Fsp3) is 0.182. The van der Waals surface area contributed by atoms with Crippen molar-refractivity contribution >= 4 is 51.2 Å². The maximum Gasteiger partial charge on any atom is 0.263 e. The van der Waals surface area contributed by atoms with E-state index in [1.54, 1.807) is 0 Å². The smallest absolute Gasteiger partial charge is 0.263 e. The van der Waals surface area contributed by atoms with Crippen molar-refractivity contribution in [3.8, 4) is 5.75 Å². The van der Waals surface area contributed by atoms with E-state index in [9.17, 15) is 4.79 Å². The second-order valence-electron chi connectivity index (χ2n) is 6.72. The maximum absolute atomic E-state index is 12.0. The number of hydrogen-bond acceptors (Lipinski definition) is 4. The molecular weight excluding hydrogens is 388 g/mol. The summed E-state index contributed by atoms with van der Waals surface area (Å²) < 4.78 is 8.75. The van der Waals surface area contributed by atoms with Gasteiger partial charge in [-0.25, -0.2) is 0 Å². The van der Waals surface area contributed by atoms with Crippen LogP contribution in [0.4, 0.5) is 0 Å². The van der Waals surface area contributed by atoms with Gasteiger partial charge in [0.25, 0.3) is 5.91 Å². The first-order valence-corrected chi connectivity index (χ1v) is 10.3. The van der Waals surface area contributed by atoms with Gasteiger partial charge < -0.3 is 14.6 Å². The van der Waals surface area contributed by atoms with Crippen LogP contribution in [-0.4, -0.2) is 21.4 Å². The molecule has 0 unspecified atom stereocenters. The zero-order chi connectivity index (χ0) is 19.7. The van der Waals surface area contributed by atoms with Crippen molar-refractivity contribution in [2.45, 2.75) is 20.4 Å². The lowest BCUT2D eigenvalue weighted by Gasteiger charge is -2.12. The molecule has 1 aromatic heterocycles. The maximum atomic E-state index is 12.0. The second-order valence-corrected chi connectivity index (χ2v) is 8.44. The monoisotopic (exact) mass is 408 g/mol. The highest BCUT2D eigenvalue weighted by Crippen LogP contribution is 2.30. The summed E-state index contributed by atoms with van der Waals surface area (Å²) in [5.41, 5.74) is 4.40. The van der Waals surface area contributed by atoms with E-state index >= 15 is 0 Å². The Hall–Kier alpha value is -2.57. The molecule has 0 spiro atoms. The average molecular weight is 409 g/mol. The number of rotatable bonds is 5. The molecule has 2 aromatic carbocycles. The van der Waals surface area contributed by atoms with Gasteiger partial charge in [-0.1, -0.05) is 60.4 Å². The van der Waals surface area contributed by atoms with Crippen LogP contribution in [0.5, 0.6) is 5.75 Å². The minimum Gasteiger partial charge on any atom is -0.491 e. The molecule has 2 heterocycles. The quantitative estimate of drug-likeness (QED) is 0.485. The van der Waals surface area contributed by atoms with Crippen LogP contribution in [0.15, 0.2) is 53.6 Å². The van der Waals surface area contributed by atoms with Crippen molar-refractivity contribution in [2.24, 2.45) is 0 Å². The number of nitrogens with one attached hydrogen (secondary N) is 1. The van der Waals surface area contributed by atoms with Gasteiger partial charge in [0, 0.05) is 22.7 Å². The number of fused-ring (bicyclic) bond motifs is 1. The van der Waals surface area contributed by atoms with Crippen molar-refractivity contribution in [1.82, 2.24) is 9.88 Å². The predicted octanol–water partition coefficient (Wildman–Crippen LogP) is 4.83. The van der Waals surface area contributed by atoms with Crippen molar-refractivity contribution < 1.29 is 9.53 Å². The largest absolute Gasteiger partial charge is 0.491 e. The van der Waals surface area contributed by atoms with Gasteiger partial charge in [0.1, 0.15) is 16.7 Å². The number of thioether (sulfide) groups is 1. The summed E-state index contributed by atoms with van der Waals surface area (Å²) in [6, 6.07) is 14.4. The Morgan fingerprint density at radius 1 is 1.14 bits per heavy atom. The number of hydrogen-bond donors (Lipinski definition) is 1. The first-order chi connectivity index (χ1) is 13.5. The molecule has 1 N–H and O–H groups in total. The number of aryl methyl sites for hydroxylation is 2. The van der Waals surface area contributed by atoms with Crippen LogP contribution in [0.3, 0.4) is 0 Å². The predicted molar refractivity (Wildman–Crippen MR) is 120 cm³/mol. The first-order valence-electron chi connectivity index (χ1n) is 9.04. The molecule has 0 saturated carbocycles. The number of para-hydroxylation sites is 2. The summed E-state index contributed by atoms with van der Waals surface area (Å²) in [7, 11) is 0. The highest BCUT2D eigenvalue weighted by atomic mass is 32.2. The Bertz CT molecular complexity index is 1090. The molecule has 4 nitrogen and oxygen atoms in total. The molecule has 1 aliphatic heterocycles. The lowest BCUT2D eigenvalue weighted by molar-refractivity contribution is -0.115. The summed E-state index contributed by atoms with van der Waals surface area (Å²) in [6.07, 6.45) is 3.98. The highest BCUT2D eigenvalue weighted by molar-refractivity contribution is 8.26. The number of benzene rings is 2. The summed E-state index contributed by atoms with van der Waals surface area (Å²) >= 11 is 6.39. The van der Waals surface area contributed by atoms with Crippen molar-refractivity contribution in [3.05, 3.63) is 70.3 Å². The molecule has 0 aliphatic carbocycles. The molecule has 0 radical (unpaired) electrons. The van der Waals surface area contributed by atoms with Gasteiger partial charge in [0.2, 0.25) is 0 Å². The number of ether oxygens (including phenoxy) is 1. The number of thiocarbonyl (C=S) groups is 1. The normalized spacial score (nSPS) is 15.4. The van der Waals surface area contributed by atoms with E-state index in [-0.39, 0.29) is 5.91 Å². The molecule has 142 valence electrons. The van der Waals surface area contributed by atoms with E-state index in [1.807, 2.05) is 24.3 Å².